The zero-order valence-electron chi connectivity index (χ0n) is 10.2. The predicted molar refractivity (Wildman–Crippen MR) is 69.7 cm³/mol. The third-order valence-electron chi connectivity index (χ3n) is 2.50. The molecule has 0 aliphatic carbocycles. The van der Waals surface area contributed by atoms with Crippen LogP contribution in [0, 0.1) is 5.82 Å². The molecular formula is C12H14BrFN2O2. The summed E-state index contributed by atoms with van der Waals surface area (Å²) in [6.45, 7) is 2.24. The molecule has 98 valence electrons. The fraction of sp³-hybridized carbons (Fsp3) is 0.333. The Bertz CT molecular complexity index is 465. The molecule has 0 saturated carbocycles. The van der Waals surface area contributed by atoms with E-state index in [4.69, 9.17) is 0 Å². The normalized spacial score (nSPS) is 10.0. The molecule has 0 heterocycles. The van der Waals surface area contributed by atoms with Crippen LogP contribution in [0.15, 0.2) is 22.7 Å². The molecule has 18 heavy (non-hydrogen) atoms. The maximum atomic E-state index is 13.6. The zero-order valence-corrected chi connectivity index (χ0v) is 11.8. The Morgan fingerprint density at radius 2 is 2.11 bits per heavy atom. The van der Waals surface area contributed by atoms with Crippen molar-refractivity contribution in [1.82, 2.24) is 10.2 Å². The second-order valence-electron chi connectivity index (χ2n) is 3.69. The number of hydrogen-bond donors (Lipinski definition) is 1. The first-order chi connectivity index (χ1) is 8.47. The Hall–Kier alpha value is -1.43. The largest absolute Gasteiger partial charge is 0.345 e. The van der Waals surface area contributed by atoms with Crippen molar-refractivity contribution in [2.24, 2.45) is 0 Å². The second-order valence-corrected chi connectivity index (χ2v) is 4.55. The summed E-state index contributed by atoms with van der Waals surface area (Å²) in [6.07, 6.45) is 0. The molecule has 0 unspecified atom stereocenters. The van der Waals surface area contributed by atoms with E-state index in [1.807, 2.05) is 6.92 Å². The molecule has 0 aromatic heterocycles. The molecule has 0 radical (unpaired) electrons. The Morgan fingerprint density at radius 1 is 1.44 bits per heavy atom. The van der Waals surface area contributed by atoms with Crippen LogP contribution in [-0.4, -0.2) is 36.9 Å². The minimum absolute atomic E-state index is 0.0867. The lowest BCUT2D eigenvalue weighted by Crippen LogP contribution is -2.38. The highest BCUT2D eigenvalue weighted by atomic mass is 79.9. The maximum Gasteiger partial charge on any atom is 0.254 e. The quantitative estimate of drug-likeness (QED) is 0.920. The Morgan fingerprint density at radius 3 is 2.72 bits per heavy atom. The van der Waals surface area contributed by atoms with Gasteiger partial charge in [0.25, 0.3) is 5.91 Å². The maximum absolute atomic E-state index is 13.6. The third kappa shape index (κ3) is 3.53. The highest BCUT2D eigenvalue weighted by molar-refractivity contribution is 9.10. The van der Waals surface area contributed by atoms with Crippen LogP contribution >= 0.6 is 15.9 Å². The Balaban J connectivity index is 2.67. The van der Waals surface area contributed by atoms with Gasteiger partial charge in [-0.1, -0.05) is 6.07 Å². The predicted octanol–water partition coefficient (Wildman–Crippen LogP) is 1.80. The average Bonchev–Trinajstić information content (AvgIpc) is 2.37. The molecule has 1 aromatic carbocycles. The summed E-state index contributed by atoms with van der Waals surface area (Å²) in [7, 11) is 1.63. The summed E-state index contributed by atoms with van der Waals surface area (Å²) >= 11 is 3.00. The first-order valence-corrected chi connectivity index (χ1v) is 6.22. The van der Waals surface area contributed by atoms with E-state index in [2.05, 4.69) is 21.2 Å². The molecule has 1 rings (SSSR count). The third-order valence-corrected chi connectivity index (χ3v) is 3.11. The number of nitrogens with one attached hydrogen (secondary N) is 1. The molecule has 2 amide bonds. The SMILES string of the molecule is CCN(C)C(=O)CNC(=O)c1cccc(Br)c1F. The van der Waals surface area contributed by atoms with E-state index in [-0.39, 0.29) is 22.5 Å². The van der Waals surface area contributed by atoms with Crippen LogP contribution in [0.4, 0.5) is 4.39 Å². The number of hydrogen-bond acceptors (Lipinski definition) is 2. The minimum atomic E-state index is -0.633. The van der Waals surface area contributed by atoms with Crippen LogP contribution in [0.5, 0.6) is 0 Å². The first-order valence-electron chi connectivity index (χ1n) is 5.43. The standard InChI is InChI=1S/C12H14BrFN2O2/c1-3-16(2)10(17)7-15-12(18)8-5-4-6-9(13)11(8)14/h4-6H,3,7H2,1-2H3,(H,15,18). The van der Waals surface area contributed by atoms with Crippen molar-refractivity contribution in [3.05, 3.63) is 34.1 Å². The number of carbonyl (C=O) groups is 2. The number of rotatable bonds is 4. The van der Waals surface area contributed by atoms with Gasteiger partial charge in [-0.3, -0.25) is 9.59 Å². The van der Waals surface area contributed by atoms with E-state index in [9.17, 15) is 14.0 Å². The van der Waals surface area contributed by atoms with Gasteiger partial charge in [0.1, 0.15) is 5.82 Å². The van der Waals surface area contributed by atoms with Crippen molar-refractivity contribution < 1.29 is 14.0 Å². The van der Waals surface area contributed by atoms with Gasteiger partial charge in [0, 0.05) is 13.6 Å². The highest BCUT2D eigenvalue weighted by Crippen LogP contribution is 2.18. The monoisotopic (exact) mass is 316 g/mol. The van der Waals surface area contributed by atoms with Crippen LogP contribution in [0.2, 0.25) is 0 Å². The molecule has 0 bridgehead atoms. The highest BCUT2D eigenvalue weighted by Gasteiger charge is 2.15. The number of halogens is 2. The van der Waals surface area contributed by atoms with Crippen LogP contribution < -0.4 is 5.32 Å². The Labute approximate surface area is 113 Å². The number of benzene rings is 1. The fourth-order valence-electron chi connectivity index (χ4n) is 1.24. The van der Waals surface area contributed by atoms with Crippen LogP contribution in [0.3, 0.4) is 0 Å². The lowest BCUT2D eigenvalue weighted by atomic mass is 10.2. The van der Waals surface area contributed by atoms with E-state index in [0.29, 0.717) is 6.54 Å². The van der Waals surface area contributed by atoms with Gasteiger partial charge >= 0.3 is 0 Å². The van der Waals surface area contributed by atoms with Crippen molar-refractivity contribution >= 4 is 27.7 Å². The van der Waals surface area contributed by atoms with Gasteiger partial charge in [0.15, 0.2) is 0 Å². The second kappa shape index (κ2) is 6.49. The van der Waals surface area contributed by atoms with Gasteiger partial charge < -0.3 is 10.2 Å². The van der Waals surface area contributed by atoms with Crippen molar-refractivity contribution in [1.29, 1.82) is 0 Å². The van der Waals surface area contributed by atoms with E-state index < -0.39 is 11.7 Å². The molecule has 1 aromatic rings. The smallest absolute Gasteiger partial charge is 0.254 e. The first kappa shape index (κ1) is 14.6. The summed E-state index contributed by atoms with van der Waals surface area (Å²) in [4.78, 5) is 24.6. The van der Waals surface area contributed by atoms with E-state index in [1.165, 1.54) is 17.0 Å². The molecule has 4 nitrogen and oxygen atoms in total. The van der Waals surface area contributed by atoms with Gasteiger partial charge in [-0.15, -0.1) is 0 Å². The lowest BCUT2D eigenvalue weighted by Gasteiger charge is -2.14. The number of likely N-dealkylation sites (N-methyl/N-ethyl adjacent to an activating group) is 1. The van der Waals surface area contributed by atoms with E-state index >= 15 is 0 Å². The summed E-state index contributed by atoms with van der Waals surface area (Å²) in [5.41, 5.74) is -0.0867. The lowest BCUT2D eigenvalue weighted by molar-refractivity contribution is -0.128. The number of carbonyl (C=O) groups excluding carboxylic acids is 2. The summed E-state index contributed by atoms with van der Waals surface area (Å²) in [6, 6.07) is 4.42. The molecule has 0 aliphatic rings. The molecule has 0 spiro atoms. The molecule has 0 saturated heterocycles. The van der Waals surface area contributed by atoms with Gasteiger partial charge in [-0.05, 0) is 35.0 Å². The summed E-state index contributed by atoms with van der Waals surface area (Å²) in [5.74, 6) is -1.46. The van der Waals surface area contributed by atoms with Gasteiger partial charge in [-0.25, -0.2) is 4.39 Å². The minimum Gasteiger partial charge on any atom is -0.345 e. The Kier molecular flexibility index (Phi) is 5.27. The van der Waals surface area contributed by atoms with Crippen molar-refractivity contribution in [2.45, 2.75) is 6.92 Å². The topological polar surface area (TPSA) is 49.4 Å². The van der Waals surface area contributed by atoms with Crippen molar-refractivity contribution in [3.63, 3.8) is 0 Å². The number of nitrogens with zero attached hydrogens (tertiary/aromatic N) is 1. The fourth-order valence-corrected chi connectivity index (χ4v) is 1.61. The molecular weight excluding hydrogens is 303 g/mol. The average molecular weight is 317 g/mol. The van der Waals surface area contributed by atoms with E-state index in [1.54, 1.807) is 13.1 Å². The summed E-state index contributed by atoms with van der Waals surface area (Å²) in [5, 5.41) is 2.39. The molecule has 6 heteroatoms. The van der Waals surface area contributed by atoms with Crippen LogP contribution in [0.25, 0.3) is 0 Å². The molecule has 0 fully saturated rings. The summed E-state index contributed by atoms with van der Waals surface area (Å²) < 4.78 is 13.8. The van der Waals surface area contributed by atoms with E-state index in [0.717, 1.165) is 0 Å². The van der Waals surface area contributed by atoms with Crippen molar-refractivity contribution in [2.75, 3.05) is 20.1 Å². The van der Waals surface area contributed by atoms with Gasteiger partial charge in [-0.2, -0.15) is 0 Å². The van der Waals surface area contributed by atoms with Gasteiger partial charge in [0.05, 0.1) is 16.6 Å². The van der Waals surface area contributed by atoms with Gasteiger partial charge in [0.2, 0.25) is 5.91 Å². The molecule has 1 N–H and O–H groups in total. The zero-order chi connectivity index (χ0) is 13.7. The molecule has 0 aliphatic heterocycles. The van der Waals surface area contributed by atoms with Crippen LogP contribution in [0.1, 0.15) is 17.3 Å². The number of amides is 2. The van der Waals surface area contributed by atoms with Crippen molar-refractivity contribution in [3.8, 4) is 0 Å². The molecule has 0 atom stereocenters. The van der Waals surface area contributed by atoms with Crippen LogP contribution in [-0.2, 0) is 4.79 Å².